The second kappa shape index (κ2) is 8.76. The van der Waals surface area contributed by atoms with Gasteiger partial charge in [-0.25, -0.2) is 0 Å². The van der Waals surface area contributed by atoms with Gasteiger partial charge < -0.3 is 10.2 Å². The highest BCUT2D eigenvalue weighted by molar-refractivity contribution is 6.00. The van der Waals surface area contributed by atoms with Crippen LogP contribution in [0.2, 0.25) is 0 Å². The summed E-state index contributed by atoms with van der Waals surface area (Å²) in [7, 11) is 0. The van der Waals surface area contributed by atoms with E-state index in [0.717, 1.165) is 28.2 Å². The Morgan fingerprint density at radius 1 is 1.06 bits per heavy atom. The van der Waals surface area contributed by atoms with Crippen molar-refractivity contribution in [2.75, 3.05) is 11.4 Å². The monoisotopic (exact) mass is 416 g/mol. The van der Waals surface area contributed by atoms with Crippen molar-refractivity contribution in [2.24, 2.45) is 5.92 Å². The molecule has 0 aliphatic carbocycles. The van der Waals surface area contributed by atoms with Crippen LogP contribution in [-0.2, 0) is 22.7 Å². The van der Waals surface area contributed by atoms with Crippen LogP contribution in [0.4, 0.5) is 5.69 Å². The zero-order chi connectivity index (χ0) is 22.0. The topological polar surface area (TPSA) is 67.2 Å². The summed E-state index contributed by atoms with van der Waals surface area (Å²) >= 11 is 0. The van der Waals surface area contributed by atoms with E-state index in [1.807, 2.05) is 67.9 Å². The number of hydrogen-bond acceptors (Lipinski definition) is 3. The molecule has 1 aromatic heterocycles. The molecule has 2 amide bonds. The van der Waals surface area contributed by atoms with Crippen LogP contribution in [0.15, 0.2) is 54.6 Å². The molecular weight excluding hydrogens is 388 g/mol. The van der Waals surface area contributed by atoms with E-state index in [4.69, 9.17) is 0 Å². The number of nitrogens with zero attached hydrogens (tertiary/aromatic N) is 3. The third-order valence-corrected chi connectivity index (χ3v) is 5.99. The van der Waals surface area contributed by atoms with E-state index in [2.05, 4.69) is 22.5 Å². The van der Waals surface area contributed by atoms with Gasteiger partial charge in [-0.3, -0.25) is 14.3 Å². The van der Waals surface area contributed by atoms with E-state index in [-0.39, 0.29) is 24.2 Å². The number of rotatable bonds is 6. The van der Waals surface area contributed by atoms with Crippen LogP contribution in [0.1, 0.15) is 34.5 Å². The lowest BCUT2D eigenvalue weighted by atomic mass is 10.1. The maximum atomic E-state index is 12.8. The van der Waals surface area contributed by atoms with Crippen molar-refractivity contribution in [3.8, 4) is 0 Å². The summed E-state index contributed by atoms with van der Waals surface area (Å²) in [5, 5.41) is 7.69. The van der Waals surface area contributed by atoms with E-state index in [1.54, 1.807) is 4.90 Å². The van der Waals surface area contributed by atoms with Crippen LogP contribution in [0.5, 0.6) is 0 Å². The third kappa shape index (κ3) is 4.53. The number of amides is 2. The summed E-state index contributed by atoms with van der Waals surface area (Å²) in [5.41, 5.74) is 6.17. The van der Waals surface area contributed by atoms with Crippen molar-refractivity contribution < 1.29 is 9.59 Å². The molecule has 0 spiro atoms. The molecule has 1 atom stereocenters. The Balaban J connectivity index is 1.39. The quantitative estimate of drug-likeness (QED) is 0.669. The van der Waals surface area contributed by atoms with E-state index < -0.39 is 0 Å². The van der Waals surface area contributed by atoms with E-state index in [1.165, 1.54) is 5.56 Å². The average Bonchev–Trinajstić information content (AvgIpc) is 3.27. The van der Waals surface area contributed by atoms with Crippen molar-refractivity contribution in [3.05, 3.63) is 82.7 Å². The number of carbonyl (C=O) groups excluding carboxylic acids is 2. The fourth-order valence-corrected chi connectivity index (χ4v) is 4.08. The molecule has 1 aliphatic heterocycles. The highest BCUT2D eigenvalue weighted by atomic mass is 16.2. The molecule has 0 unspecified atom stereocenters. The summed E-state index contributed by atoms with van der Waals surface area (Å²) in [4.78, 5) is 27.0. The lowest BCUT2D eigenvalue weighted by molar-refractivity contribution is -0.126. The molecule has 0 radical (unpaired) electrons. The maximum Gasteiger partial charge on any atom is 0.227 e. The Morgan fingerprint density at radius 2 is 1.77 bits per heavy atom. The molecule has 3 aromatic rings. The minimum Gasteiger partial charge on any atom is -0.352 e. The molecule has 31 heavy (non-hydrogen) atoms. The van der Waals surface area contributed by atoms with Gasteiger partial charge in [-0.05, 0) is 38.5 Å². The minimum absolute atomic E-state index is 0.00737. The zero-order valence-electron chi connectivity index (χ0n) is 18.3. The molecular formula is C25H28N4O2. The Kier molecular flexibility index (Phi) is 5.89. The van der Waals surface area contributed by atoms with Crippen LogP contribution in [0, 0.1) is 26.7 Å². The SMILES string of the molecule is Cc1ccc(N2C[C@H](C(=O)NCc3c(C)nn(Cc4ccccc4)c3C)CC2=O)cc1. The molecule has 160 valence electrons. The van der Waals surface area contributed by atoms with Crippen LogP contribution in [-0.4, -0.2) is 28.1 Å². The number of carbonyl (C=O) groups is 2. The Hall–Kier alpha value is -3.41. The molecule has 1 fully saturated rings. The number of aromatic nitrogens is 2. The van der Waals surface area contributed by atoms with Crippen LogP contribution >= 0.6 is 0 Å². The molecule has 1 saturated heterocycles. The Morgan fingerprint density at radius 3 is 2.48 bits per heavy atom. The summed E-state index contributed by atoms with van der Waals surface area (Å²) in [6, 6.07) is 18.0. The first-order valence-electron chi connectivity index (χ1n) is 10.6. The molecule has 1 aliphatic rings. The van der Waals surface area contributed by atoms with E-state index in [9.17, 15) is 9.59 Å². The summed E-state index contributed by atoms with van der Waals surface area (Å²) in [6.07, 6.45) is 0.241. The Labute approximate surface area is 182 Å². The van der Waals surface area contributed by atoms with E-state index in [0.29, 0.717) is 19.6 Å². The van der Waals surface area contributed by atoms with Gasteiger partial charge in [-0.15, -0.1) is 0 Å². The third-order valence-electron chi connectivity index (χ3n) is 5.99. The van der Waals surface area contributed by atoms with Gasteiger partial charge in [0, 0.05) is 36.5 Å². The van der Waals surface area contributed by atoms with Crippen molar-refractivity contribution in [1.82, 2.24) is 15.1 Å². The summed E-state index contributed by atoms with van der Waals surface area (Å²) in [5.74, 6) is -0.432. The van der Waals surface area contributed by atoms with Gasteiger partial charge in [0.05, 0.1) is 18.2 Å². The van der Waals surface area contributed by atoms with Crippen molar-refractivity contribution in [2.45, 2.75) is 40.3 Å². The molecule has 0 bridgehead atoms. The van der Waals surface area contributed by atoms with Crippen LogP contribution < -0.4 is 10.2 Å². The predicted octanol–water partition coefficient (Wildman–Crippen LogP) is 3.53. The molecule has 0 saturated carbocycles. The van der Waals surface area contributed by atoms with Gasteiger partial charge in [0.1, 0.15) is 0 Å². The smallest absolute Gasteiger partial charge is 0.227 e. The summed E-state index contributed by atoms with van der Waals surface area (Å²) in [6.45, 7) is 7.54. The first kappa shape index (κ1) is 20.8. The minimum atomic E-state index is -0.339. The average molecular weight is 417 g/mol. The van der Waals surface area contributed by atoms with Crippen molar-refractivity contribution in [3.63, 3.8) is 0 Å². The van der Waals surface area contributed by atoms with Gasteiger partial charge in [-0.2, -0.15) is 5.10 Å². The fourth-order valence-electron chi connectivity index (χ4n) is 4.08. The van der Waals surface area contributed by atoms with E-state index >= 15 is 0 Å². The molecule has 1 N–H and O–H groups in total. The molecule has 4 rings (SSSR count). The van der Waals surface area contributed by atoms with Crippen LogP contribution in [0.3, 0.4) is 0 Å². The van der Waals surface area contributed by atoms with Gasteiger partial charge in [-0.1, -0.05) is 48.0 Å². The molecule has 6 heteroatoms. The fraction of sp³-hybridized carbons (Fsp3) is 0.320. The highest BCUT2D eigenvalue weighted by Gasteiger charge is 2.35. The van der Waals surface area contributed by atoms with Crippen molar-refractivity contribution >= 4 is 17.5 Å². The summed E-state index contributed by atoms with van der Waals surface area (Å²) < 4.78 is 1.98. The highest BCUT2D eigenvalue weighted by Crippen LogP contribution is 2.25. The molecule has 6 nitrogen and oxygen atoms in total. The normalized spacial score (nSPS) is 16.0. The van der Waals surface area contributed by atoms with Gasteiger partial charge in [0.2, 0.25) is 11.8 Å². The number of anilines is 1. The number of nitrogens with one attached hydrogen (secondary N) is 1. The van der Waals surface area contributed by atoms with Gasteiger partial charge in [0.15, 0.2) is 0 Å². The van der Waals surface area contributed by atoms with Crippen LogP contribution in [0.25, 0.3) is 0 Å². The molecule has 2 aromatic carbocycles. The number of benzene rings is 2. The van der Waals surface area contributed by atoms with Gasteiger partial charge >= 0.3 is 0 Å². The standard InChI is InChI=1S/C25H28N4O2/c1-17-9-11-22(12-10-17)28-16-21(13-24(28)30)25(31)26-14-23-18(2)27-29(19(23)3)15-20-7-5-4-6-8-20/h4-12,21H,13-16H2,1-3H3,(H,26,31)/t21-/m1/s1. The van der Waals surface area contributed by atoms with Crippen molar-refractivity contribution in [1.29, 1.82) is 0 Å². The van der Waals surface area contributed by atoms with Gasteiger partial charge in [0.25, 0.3) is 0 Å². The first-order valence-corrected chi connectivity index (χ1v) is 10.6. The number of aryl methyl sites for hydroxylation is 2. The second-order valence-corrected chi connectivity index (χ2v) is 8.25. The molecule has 2 heterocycles. The lowest BCUT2D eigenvalue weighted by Gasteiger charge is -2.17. The maximum absolute atomic E-state index is 12.8. The lowest BCUT2D eigenvalue weighted by Crippen LogP contribution is -2.32. The number of hydrogen-bond donors (Lipinski definition) is 1. The Bertz CT molecular complexity index is 1090. The largest absolute Gasteiger partial charge is 0.352 e. The first-order chi connectivity index (χ1) is 14.9. The predicted molar refractivity (Wildman–Crippen MR) is 121 cm³/mol. The second-order valence-electron chi connectivity index (χ2n) is 8.25. The zero-order valence-corrected chi connectivity index (χ0v) is 18.3.